The van der Waals surface area contributed by atoms with Gasteiger partial charge in [-0.3, -0.25) is 4.79 Å². The van der Waals surface area contributed by atoms with Crippen molar-refractivity contribution in [2.24, 2.45) is 17.1 Å². The topological polar surface area (TPSA) is 46.3 Å². The van der Waals surface area contributed by atoms with E-state index in [0.29, 0.717) is 12.5 Å². The Labute approximate surface area is 138 Å². The van der Waals surface area contributed by atoms with Crippen molar-refractivity contribution in [1.29, 1.82) is 0 Å². The lowest BCUT2D eigenvalue weighted by molar-refractivity contribution is -0.135. The number of halogens is 2. The van der Waals surface area contributed by atoms with Crippen LogP contribution >= 0.6 is 12.4 Å². The minimum atomic E-state index is -0.517. The number of hydrogen-bond donors (Lipinski definition) is 1. The largest absolute Gasteiger partial charge is 0.337 e. The Bertz CT molecular complexity index is 494. The molecule has 1 atom stereocenters. The van der Waals surface area contributed by atoms with Crippen LogP contribution in [0.25, 0.3) is 0 Å². The summed E-state index contributed by atoms with van der Waals surface area (Å²) >= 11 is 0. The molecule has 1 amide bonds. The van der Waals surface area contributed by atoms with Crippen molar-refractivity contribution in [2.75, 3.05) is 6.54 Å². The minimum absolute atomic E-state index is 0. The summed E-state index contributed by atoms with van der Waals surface area (Å²) in [5.74, 6) is 0.325. The molecule has 1 aromatic carbocycles. The van der Waals surface area contributed by atoms with Gasteiger partial charge in [-0.1, -0.05) is 32.9 Å². The van der Waals surface area contributed by atoms with Crippen LogP contribution in [0.1, 0.15) is 39.2 Å². The van der Waals surface area contributed by atoms with Crippen LogP contribution in [0, 0.1) is 17.2 Å². The van der Waals surface area contributed by atoms with Crippen LogP contribution in [0.5, 0.6) is 0 Å². The average molecular weight is 329 g/mol. The average Bonchev–Trinajstić information content (AvgIpc) is 3.21. The van der Waals surface area contributed by atoms with E-state index in [1.165, 1.54) is 25.0 Å². The van der Waals surface area contributed by atoms with Crippen LogP contribution in [-0.4, -0.2) is 23.4 Å². The SMILES string of the molecule is CC(C)(C)[C@H](N)C(=O)N(Cc1ccc(F)cc1)CC1CC1.Cl. The molecule has 124 valence electrons. The Kier molecular flexibility index (Phi) is 6.38. The summed E-state index contributed by atoms with van der Waals surface area (Å²) in [5.41, 5.74) is 6.79. The molecule has 1 aliphatic carbocycles. The van der Waals surface area contributed by atoms with Gasteiger partial charge in [-0.25, -0.2) is 4.39 Å². The number of hydrogen-bond acceptors (Lipinski definition) is 2. The molecule has 1 saturated carbocycles. The Morgan fingerprint density at radius 1 is 1.32 bits per heavy atom. The second-order valence-corrected chi connectivity index (χ2v) is 7.13. The lowest BCUT2D eigenvalue weighted by atomic mass is 9.86. The van der Waals surface area contributed by atoms with Crippen LogP contribution in [0.3, 0.4) is 0 Å². The molecule has 0 bridgehead atoms. The lowest BCUT2D eigenvalue weighted by Gasteiger charge is -2.32. The maximum atomic E-state index is 13.0. The van der Waals surface area contributed by atoms with E-state index in [1.54, 1.807) is 12.1 Å². The smallest absolute Gasteiger partial charge is 0.240 e. The molecule has 1 aromatic rings. The van der Waals surface area contributed by atoms with Crippen molar-refractivity contribution in [2.45, 2.75) is 46.2 Å². The summed E-state index contributed by atoms with van der Waals surface area (Å²) in [6.45, 7) is 7.17. The summed E-state index contributed by atoms with van der Waals surface area (Å²) in [4.78, 5) is 14.5. The highest BCUT2D eigenvalue weighted by molar-refractivity contribution is 5.85. The van der Waals surface area contributed by atoms with Gasteiger partial charge in [-0.15, -0.1) is 12.4 Å². The Balaban J connectivity index is 0.00000242. The first-order valence-electron chi connectivity index (χ1n) is 7.56. The predicted molar refractivity (Wildman–Crippen MR) is 89.2 cm³/mol. The van der Waals surface area contributed by atoms with E-state index in [-0.39, 0.29) is 29.5 Å². The number of carbonyl (C=O) groups is 1. The molecule has 2 N–H and O–H groups in total. The maximum Gasteiger partial charge on any atom is 0.240 e. The quantitative estimate of drug-likeness (QED) is 0.901. The van der Waals surface area contributed by atoms with Gasteiger partial charge >= 0.3 is 0 Å². The van der Waals surface area contributed by atoms with Crippen LogP contribution in [0.4, 0.5) is 4.39 Å². The zero-order valence-corrected chi connectivity index (χ0v) is 14.3. The third kappa shape index (κ3) is 5.25. The number of rotatable bonds is 5. The van der Waals surface area contributed by atoms with Crippen LogP contribution in [-0.2, 0) is 11.3 Å². The Hall–Kier alpha value is -1.13. The molecule has 0 radical (unpaired) electrons. The molecule has 1 fully saturated rings. The third-order valence-electron chi connectivity index (χ3n) is 3.97. The van der Waals surface area contributed by atoms with Gasteiger partial charge in [-0.05, 0) is 41.9 Å². The Morgan fingerprint density at radius 3 is 2.32 bits per heavy atom. The van der Waals surface area contributed by atoms with Crippen LogP contribution < -0.4 is 5.73 Å². The highest BCUT2D eigenvalue weighted by Crippen LogP contribution is 2.31. The van der Waals surface area contributed by atoms with Crippen LogP contribution in [0.15, 0.2) is 24.3 Å². The first-order valence-corrected chi connectivity index (χ1v) is 7.56. The van der Waals surface area contributed by atoms with Gasteiger partial charge in [0.05, 0.1) is 6.04 Å². The van der Waals surface area contributed by atoms with Gasteiger partial charge in [0.2, 0.25) is 5.91 Å². The second-order valence-electron chi connectivity index (χ2n) is 7.13. The van der Waals surface area contributed by atoms with E-state index in [4.69, 9.17) is 5.73 Å². The van der Waals surface area contributed by atoms with Gasteiger partial charge in [0.15, 0.2) is 0 Å². The molecule has 22 heavy (non-hydrogen) atoms. The molecule has 0 heterocycles. The van der Waals surface area contributed by atoms with Gasteiger partial charge in [0.25, 0.3) is 0 Å². The van der Waals surface area contributed by atoms with E-state index in [2.05, 4.69) is 0 Å². The van der Waals surface area contributed by atoms with Gasteiger partial charge in [-0.2, -0.15) is 0 Å². The van der Waals surface area contributed by atoms with E-state index in [0.717, 1.165) is 12.1 Å². The monoisotopic (exact) mass is 328 g/mol. The first kappa shape index (κ1) is 18.9. The molecular weight excluding hydrogens is 303 g/mol. The van der Waals surface area contributed by atoms with Crippen molar-refractivity contribution in [1.82, 2.24) is 4.90 Å². The van der Waals surface area contributed by atoms with Crippen molar-refractivity contribution >= 4 is 18.3 Å². The normalized spacial score (nSPS) is 15.9. The van der Waals surface area contributed by atoms with E-state index < -0.39 is 6.04 Å². The fourth-order valence-electron chi connectivity index (χ4n) is 2.22. The minimum Gasteiger partial charge on any atom is -0.337 e. The first-order chi connectivity index (χ1) is 9.77. The lowest BCUT2D eigenvalue weighted by Crippen LogP contribution is -2.50. The third-order valence-corrected chi connectivity index (χ3v) is 3.97. The maximum absolute atomic E-state index is 13.0. The highest BCUT2D eigenvalue weighted by Gasteiger charge is 2.34. The summed E-state index contributed by atoms with van der Waals surface area (Å²) in [5, 5.41) is 0. The summed E-state index contributed by atoms with van der Waals surface area (Å²) in [7, 11) is 0. The molecule has 0 unspecified atom stereocenters. The summed E-state index contributed by atoms with van der Waals surface area (Å²) < 4.78 is 13.0. The molecule has 0 spiro atoms. The molecule has 2 rings (SSSR count). The zero-order valence-electron chi connectivity index (χ0n) is 13.5. The molecule has 5 heteroatoms. The Morgan fingerprint density at radius 2 is 1.86 bits per heavy atom. The van der Waals surface area contributed by atoms with Crippen molar-refractivity contribution in [3.8, 4) is 0 Å². The van der Waals surface area contributed by atoms with E-state index in [1.807, 2.05) is 25.7 Å². The standard InChI is InChI=1S/C17H25FN2O.ClH/c1-17(2,3)15(19)16(21)20(10-12-4-5-12)11-13-6-8-14(18)9-7-13;/h6-9,12,15H,4-5,10-11,19H2,1-3H3;1H/t15-;/m1./s1. The molecule has 1 aliphatic rings. The fraction of sp³-hybridized carbons (Fsp3) is 0.588. The van der Waals surface area contributed by atoms with E-state index >= 15 is 0 Å². The number of amides is 1. The number of benzene rings is 1. The number of nitrogens with zero attached hydrogens (tertiary/aromatic N) is 1. The summed E-state index contributed by atoms with van der Waals surface area (Å²) in [6, 6.07) is 5.80. The molecule has 0 aromatic heterocycles. The second kappa shape index (κ2) is 7.42. The zero-order chi connectivity index (χ0) is 15.6. The van der Waals surface area contributed by atoms with Crippen molar-refractivity contribution in [3.63, 3.8) is 0 Å². The molecular formula is C17H26ClFN2O. The predicted octanol–water partition coefficient (Wildman–Crippen LogP) is 3.36. The number of carbonyl (C=O) groups excluding carboxylic acids is 1. The van der Waals surface area contributed by atoms with Crippen molar-refractivity contribution in [3.05, 3.63) is 35.6 Å². The van der Waals surface area contributed by atoms with Gasteiger partial charge < -0.3 is 10.6 Å². The molecule has 3 nitrogen and oxygen atoms in total. The molecule has 0 aliphatic heterocycles. The molecule has 0 saturated heterocycles. The van der Waals surface area contributed by atoms with Crippen LogP contribution in [0.2, 0.25) is 0 Å². The number of nitrogens with two attached hydrogens (primary N) is 1. The van der Waals surface area contributed by atoms with E-state index in [9.17, 15) is 9.18 Å². The van der Waals surface area contributed by atoms with Gasteiger partial charge in [0.1, 0.15) is 5.82 Å². The van der Waals surface area contributed by atoms with Crippen molar-refractivity contribution < 1.29 is 9.18 Å². The summed E-state index contributed by atoms with van der Waals surface area (Å²) in [6.07, 6.45) is 2.36. The fourth-order valence-corrected chi connectivity index (χ4v) is 2.22. The highest BCUT2D eigenvalue weighted by atomic mass is 35.5. The van der Waals surface area contributed by atoms with Gasteiger partial charge in [0, 0.05) is 13.1 Å².